The molecule has 2 aromatic heterocycles. The average molecular weight is 474 g/mol. The first-order valence-corrected chi connectivity index (χ1v) is 8.76. The fraction of sp³-hybridized carbons (Fsp3) is 0.353. The first-order valence-electron chi connectivity index (χ1n) is 7.97. The summed E-state index contributed by atoms with van der Waals surface area (Å²) in [5.74, 6) is 5.10. The van der Waals surface area contributed by atoms with E-state index >= 15 is 0 Å². The van der Waals surface area contributed by atoms with Crippen LogP contribution in [0.25, 0.3) is 0 Å². The lowest BCUT2D eigenvalue weighted by Gasteiger charge is -2.19. The largest absolute Gasteiger partial charge is 0.467 e. The highest BCUT2D eigenvalue weighted by molar-refractivity contribution is 9.10. The molecule has 1 N–H and O–H groups in total. The summed E-state index contributed by atoms with van der Waals surface area (Å²) in [5, 5.41) is 2.37. The number of aromatic nitrogens is 4. The van der Waals surface area contributed by atoms with Gasteiger partial charge in [-0.15, -0.1) is 0 Å². The molecule has 154 valence electrons. The highest BCUT2D eigenvalue weighted by atomic mass is 79.9. The number of carbonyl (C=O) groups is 1. The molecule has 0 saturated heterocycles. The molecule has 0 fully saturated rings. The zero-order valence-corrected chi connectivity index (χ0v) is 17.1. The summed E-state index contributed by atoms with van der Waals surface area (Å²) in [6.45, 7) is 3.67. The van der Waals surface area contributed by atoms with Gasteiger partial charge in [0.15, 0.2) is 6.61 Å². The first kappa shape index (κ1) is 22.4. The second-order valence-electron chi connectivity index (χ2n) is 6.42. The third-order valence-corrected chi connectivity index (χ3v) is 3.43. The molecule has 0 aliphatic heterocycles. The minimum atomic E-state index is -4.50. The molecule has 0 aliphatic carbocycles. The standard InChI is InChI=1S/C17H15BrF3N5O3/c1-16(2,3)29-15(27)26-14-22-6-10(7-23-14)4-5-11-12(18)13(25-9-24-11)28-8-17(19,20)21/h6-7,9H,8H2,1-3H3,(H,22,23,26,27). The number of hydrogen-bond acceptors (Lipinski definition) is 7. The monoisotopic (exact) mass is 473 g/mol. The predicted molar refractivity (Wildman–Crippen MR) is 99.2 cm³/mol. The Bertz CT molecular complexity index is 935. The Morgan fingerprint density at radius 3 is 2.38 bits per heavy atom. The molecule has 12 heteroatoms. The van der Waals surface area contributed by atoms with Crippen molar-refractivity contribution in [3.63, 3.8) is 0 Å². The number of rotatable bonds is 3. The fourth-order valence-electron chi connectivity index (χ4n) is 1.68. The van der Waals surface area contributed by atoms with Crippen molar-refractivity contribution in [2.24, 2.45) is 0 Å². The van der Waals surface area contributed by atoms with E-state index in [1.165, 1.54) is 12.4 Å². The molecule has 2 rings (SSSR count). The van der Waals surface area contributed by atoms with E-state index in [1.54, 1.807) is 20.8 Å². The fourth-order valence-corrected chi connectivity index (χ4v) is 2.09. The summed E-state index contributed by atoms with van der Waals surface area (Å²) in [6, 6.07) is 0. The molecule has 0 radical (unpaired) electrons. The van der Waals surface area contributed by atoms with Gasteiger partial charge in [0.05, 0.1) is 5.56 Å². The molecule has 0 saturated carbocycles. The van der Waals surface area contributed by atoms with Crippen LogP contribution in [-0.4, -0.2) is 44.4 Å². The van der Waals surface area contributed by atoms with E-state index in [0.717, 1.165) is 6.33 Å². The van der Waals surface area contributed by atoms with Crippen LogP contribution in [0, 0.1) is 11.8 Å². The van der Waals surface area contributed by atoms with Gasteiger partial charge in [0.2, 0.25) is 11.8 Å². The van der Waals surface area contributed by atoms with Crippen LogP contribution >= 0.6 is 15.9 Å². The zero-order chi connectivity index (χ0) is 21.7. The maximum Gasteiger partial charge on any atom is 0.422 e. The van der Waals surface area contributed by atoms with Gasteiger partial charge in [-0.2, -0.15) is 13.2 Å². The van der Waals surface area contributed by atoms with Gasteiger partial charge >= 0.3 is 12.3 Å². The second-order valence-corrected chi connectivity index (χ2v) is 7.21. The highest BCUT2D eigenvalue weighted by Gasteiger charge is 2.29. The third-order valence-electron chi connectivity index (χ3n) is 2.72. The Kier molecular flexibility index (Phi) is 6.97. The summed E-state index contributed by atoms with van der Waals surface area (Å²) in [6.07, 6.45) is -1.47. The van der Waals surface area contributed by atoms with Crippen LogP contribution in [0.1, 0.15) is 32.0 Å². The maximum absolute atomic E-state index is 12.3. The molecule has 1 amide bonds. The van der Waals surface area contributed by atoms with Crippen molar-refractivity contribution in [1.82, 2.24) is 19.9 Å². The van der Waals surface area contributed by atoms with Gasteiger partial charge in [0.1, 0.15) is 22.1 Å². The number of anilines is 1. The molecule has 0 bridgehead atoms. The Morgan fingerprint density at radius 2 is 1.79 bits per heavy atom. The van der Waals surface area contributed by atoms with Crippen LogP contribution in [0.15, 0.2) is 23.2 Å². The number of carbonyl (C=O) groups excluding carboxylic acids is 1. The summed E-state index contributed by atoms with van der Waals surface area (Å²) in [4.78, 5) is 27.1. The topological polar surface area (TPSA) is 99.1 Å². The zero-order valence-electron chi connectivity index (χ0n) is 15.5. The normalized spacial score (nSPS) is 11.3. The number of amides is 1. The van der Waals surface area contributed by atoms with Crippen molar-refractivity contribution in [3.05, 3.63) is 34.5 Å². The van der Waals surface area contributed by atoms with E-state index in [-0.39, 0.29) is 22.0 Å². The van der Waals surface area contributed by atoms with Crippen LogP contribution in [0.2, 0.25) is 0 Å². The van der Waals surface area contributed by atoms with Gasteiger partial charge in [0, 0.05) is 12.4 Å². The lowest BCUT2D eigenvalue weighted by Crippen LogP contribution is -2.27. The van der Waals surface area contributed by atoms with Crippen molar-refractivity contribution in [3.8, 4) is 17.7 Å². The highest BCUT2D eigenvalue weighted by Crippen LogP contribution is 2.26. The third kappa shape index (κ3) is 7.90. The molecule has 2 heterocycles. The molecule has 0 atom stereocenters. The van der Waals surface area contributed by atoms with E-state index in [2.05, 4.69) is 57.8 Å². The van der Waals surface area contributed by atoms with E-state index in [9.17, 15) is 18.0 Å². The molecule has 0 spiro atoms. The summed E-state index contributed by atoms with van der Waals surface area (Å²) < 4.78 is 46.6. The minimum absolute atomic E-state index is 0.0239. The molecule has 29 heavy (non-hydrogen) atoms. The van der Waals surface area contributed by atoms with E-state index in [0.29, 0.717) is 5.56 Å². The number of alkyl halides is 3. The lowest BCUT2D eigenvalue weighted by atomic mass is 10.2. The summed E-state index contributed by atoms with van der Waals surface area (Å²) in [5.41, 5.74) is -0.167. The number of ether oxygens (including phenoxy) is 2. The van der Waals surface area contributed by atoms with Crippen molar-refractivity contribution >= 4 is 28.0 Å². The van der Waals surface area contributed by atoms with Crippen LogP contribution in [0.3, 0.4) is 0 Å². The van der Waals surface area contributed by atoms with Crippen LogP contribution in [0.5, 0.6) is 5.88 Å². The number of nitrogens with zero attached hydrogens (tertiary/aromatic N) is 4. The van der Waals surface area contributed by atoms with Gasteiger partial charge in [-0.3, -0.25) is 5.32 Å². The maximum atomic E-state index is 12.3. The van der Waals surface area contributed by atoms with Crippen molar-refractivity contribution in [2.45, 2.75) is 32.5 Å². The van der Waals surface area contributed by atoms with Crippen LogP contribution < -0.4 is 10.1 Å². The van der Waals surface area contributed by atoms with Crippen LogP contribution in [0.4, 0.5) is 23.9 Å². The lowest BCUT2D eigenvalue weighted by molar-refractivity contribution is -0.154. The van der Waals surface area contributed by atoms with Gasteiger partial charge in [-0.05, 0) is 42.6 Å². The van der Waals surface area contributed by atoms with Gasteiger partial charge in [-0.1, -0.05) is 5.92 Å². The Labute approximate surface area is 172 Å². The number of halogens is 4. The number of hydrogen-bond donors (Lipinski definition) is 1. The summed E-state index contributed by atoms with van der Waals surface area (Å²) in [7, 11) is 0. The minimum Gasteiger partial charge on any atom is -0.467 e. The van der Waals surface area contributed by atoms with E-state index in [1.807, 2.05) is 0 Å². The van der Waals surface area contributed by atoms with Crippen molar-refractivity contribution in [1.29, 1.82) is 0 Å². The smallest absolute Gasteiger partial charge is 0.422 e. The SMILES string of the molecule is CC(C)(C)OC(=O)Nc1ncc(C#Cc2ncnc(OCC(F)(F)F)c2Br)cn1. The molecule has 0 aliphatic rings. The first-order chi connectivity index (χ1) is 13.4. The molecule has 0 aromatic carbocycles. The molecule has 8 nitrogen and oxygen atoms in total. The van der Waals surface area contributed by atoms with Gasteiger partial charge in [-0.25, -0.2) is 24.7 Å². The molecule has 0 unspecified atom stereocenters. The van der Waals surface area contributed by atoms with Crippen LogP contribution in [-0.2, 0) is 4.74 Å². The van der Waals surface area contributed by atoms with E-state index < -0.39 is 24.5 Å². The van der Waals surface area contributed by atoms with Crippen molar-refractivity contribution < 1.29 is 27.4 Å². The molecule has 2 aromatic rings. The predicted octanol–water partition coefficient (Wildman–Crippen LogP) is 3.72. The second kappa shape index (κ2) is 9.04. The molecular weight excluding hydrogens is 459 g/mol. The summed E-state index contributed by atoms with van der Waals surface area (Å²) >= 11 is 3.07. The van der Waals surface area contributed by atoms with Crippen molar-refractivity contribution in [2.75, 3.05) is 11.9 Å². The van der Waals surface area contributed by atoms with Gasteiger partial charge in [0.25, 0.3) is 0 Å². The quantitative estimate of drug-likeness (QED) is 0.678. The Morgan fingerprint density at radius 1 is 1.14 bits per heavy atom. The number of nitrogens with one attached hydrogen (secondary N) is 1. The van der Waals surface area contributed by atoms with Gasteiger partial charge < -0.3 is 9.47 Å². The Balaban J connectivity index is 2.07. The average Bonchev–Trinajstić information content (AvgIpc) is 2.58. The Hall–Kier alpha value is -2.94. The van der Waals surface area contributed by atoms with E-state index in [4.69, 9.17) is 4.74 Å². The molecular formula is C17H15BrF3N5O3.